The van der Waals surface area contributed by atoms with Gasteiger partial charge in [0.2, 0.25) is 5.91 Å². The van der Waals surface area contributed by atoms with Crippen molar-refractivity contribution in [3.63, 3.8) is 0 Å². The minimum atomic E-state index is -0.0742. The Labute approximate surface area is 148 Å². The second-order valence-corrected chi connectivity index (χ2v) is 6.75. The molecule has 2 aliphatic rings. The largest absolute Gasteiger partial charge is 0.459 e. The van der Waals surface area contributed by atoms with Gasteiger partial charge >= 0.3 is 0 Å². The molecule has 0 bridgehead atoms. The summed E-state index contributed by atoms with van der Waals surface area (Å²) < 4.78 is 5.16. The second kappa shape index (κ2) is 8.85. The summed E-state index contributed by atoms with van der Waals surface area (Å²) in [5.74, 6) is 0.375. The number of rotatable bonds is 6. The Hall–Kier alpha value is -2.08. The number of amides is 2. The van der Waals surface area contributed by atoms with Crippen molar-refractivity contribution in [2.45, 2.75) is 32.1 Å². The van der Waals surface area contributed by atoms with Crippen molar-refractivity contribution < 1.29 is 14.0 Å². The van der Waals surface area contributed by atoms with Crippen LogP contribution < -0.4 is 5.32 Å². The lowest BCUT2D eigenvalue weighted by Gasteiger charge is -2.33. The van der Waals surface area contributed by atoms with Crippen LogP contribution in [0.25, 0.3) is 0 Å². The molecule has 1 N–H and O–H groups in total. The first-order chi connectivity index (χ1) is 12.2. The average Bonchev–Trinajstić information content (AvgIpc) is 3.17. The number of furan rings is 1. The fraction of sp³-hybridized carbons (Fsp3) is 0.579. The Morgan fingerprint density at radius 3 is 2.68 bits per heavy atom. The van der Waals surface area contributed by atoms with Gasteiger partial charge in [-0.25, -0.2) is 0 Å². The molecule has 1 aliphatic carbocycles. The Morgan fingerprint density at radius 1 is 1.16 bits per heavy atom. The van der Waals surface area contributed by atoms with Gasteiger partial charge in [-0.2, -0.15) is 0 Å². The maximum Gasteiger partial charge on any atom is 0.289 e. The number of carbonyl (C=O) groups is 2. The Bertz CT molecular complexity index is 601. The second-order valence-electron chi connectivity index (χ2n) is 6.75. The molecule has 6 nitrogen and oxygen atoms in total. The lowest BCUT2D eigenvalue weighted by Crippen LogP contribution is -2.51. The van der Waals surface area contributed by atoms with Gasteiger partial charge in [-0.3, -0.25) is 14.5 Å². The summed E-state index contributed by atoms with van der Waals surface area (Å²) in [6.45, 7) is 3.80. The van der Waals surface area contributed by atoms with Gasteiger partial charge < -0.3 is 14.6 Å². The molecule has 0 spiro atoms. The topological polar surface area (TPSA) is 65.8 Å². The maximum absolute atomic E-state index is 12.2. The lowest BCUT2D eigenvalue weighted by molar-refractivity contribution is -0.122. The van der Waals surface area contributed by atoms with Crippen LogP contribution in [0.1, 0.15) is 42.7 Å². The summed E-state index contributed by atoms with van der Waals surface area (Å²) in [4.78, 5) is 28.2. The quantitative estimate of drug-likeness (QED) is 0.802. The summed E-state index contributed by atoms with van der Waals surface area (Å²) in [5, 5.41) is 3.02. The van der Waals surface area contributed by atoms with Gasteiger partial charge in [0, 0.05) is 32.7 Å². The van der Waals surface area contributed by atoms with Crippen LogP contribution in [0.5, 0.6) is 0 Å². The molecule has 25 heavy (non-hydrogen) atoms. The van der Waals surface area contributed by atoms with Crippen LogP contribution in [0.3, 0.4) is 0 Å². The van der Waals surface area contributed by atoms with Gasteiger partial charge in [0.05, 0.1) is 12.8 Å². The summed E-state index contributed by atoms with van der Waals surface area (Å²) in [6.07, 6.45) is 9.75. The van der Waals surface area contributed by atoms with Crippen molar-refractivity contribution in [1.82, 2.24) is 15.1 Å². The number of hydrogen-bond acceptors (Lipinski definition) is 4. The highest BCUT2D eigenvalue weighted by Crippen LogP contribution is 2.19. The van der Waals surface area contributed by atoms with E-state index in [-0.39, 0.29) is 11.8 Å². The minimum Gasteiger partial charge on any atom is -0.459 e. The molecule has 0 saturated carbocycles. The Balaban J connectivity index is 1.33. The summed E-state index contributed by atoms with van der Waals surface area (Å²) in [6, 6.07) is 3.40. The predicted octanol–water partition coefficient (Wildman–Crippen LogP) is 2.04. The molecule has 0 atom stereocenters. The zero-order valence-corrected chi connectivity index (χ0v) is 14.7. The first-order valence-electron chi connectivity index (χ1n) is 9.22. The van der Waals surface area contributed by atoms with Gasteiger partial charge in [0.15, 0.2) is 5.76 Å². The molecule has 136 valence electrons. The van der Waals surface area contributed by atoms with E-state index < -0.39 is 0 Å². The molecule has 1 aromatic heterocycles. The van der Waals surface area contributed by atoms with E-state index in [0.717, 1.165) is 13.0 Å². The fourth-order valence-corrected chi connectivity index (χ4v) is 3.42. The van der Waals surface area contributed by atoms with E-state index in [2.05, 4.69) is 16.3 Å². The molecule has 0 unspecified atom stereocenters. The van der Waals surface area contributed by atoms with Crippen LogP contribution in [0, 0.1) is 0 Å². The van der Waals surface area contributed by atoms with Crippen LogP contribution in [-0.2, 0) is 4.79 Å². The van der Waals surface area contributed by atoms with E-state index in [0.29, 0.717) is 38.5 Å². The first-order valence-corrected chi connectivity index (χ1v) is 9.22. The average molecular weight is 345 g/mol. The Morgan fingerprint density at radius 2 is 2.00 bits per heavy atom. The number of nitrogens with one attached hydrogen (secondary N) is 1. The van der Waals surface area contributed by atoms with Gasteiger partial charge in [-0.05, 0) is 44.2 Å². The molecule has 0 radical (unpaired) electrons. The minimum absolute atomic E-state index is 0.0715. The van der Waals surface area contributed by atoms with Crippen molar-refractivity contribution in [2.24, 2.45) is 0 Å². The summed E-state index contributed by atoms with van der Waals surface area (Å²) in [5.41, 5.74) is 1.48. The molecule has 0 aromatic carbocycles. The normalized spacial score (nSPS) is 18.7. The van der Waals surface area contributed by atoms with Crippen molar-refractivity contribution in [2.75, 3.05) is 39.3 Å². The maximum atomic E-state index is 12.2. The third kappa shape index (κ3) is 5.19. The summed E-state index contributed by atoms with van der Waals surface area (Å²) in [7, 11) is 0. The SMILES string of the molecule is O=C(CN1CCN(C(=O)c2ccco2)CC1)NCCC1=CCCCC1. The van der Waals surface area contributed by atoms with E-state index in [1.807, 2.05) is 0 Å². The molecule has 2 amide bonds. The van der Waals surface area contributed by atoms with Gasteiger partial charge in [0.25, 0.3) is 5.91 Å². The summed E-state index contributed by atoms with van der Waals surface area (Å²) >= 11 is 0. The highest BCUT2D eigenvalue weighted by molar-refractivity contribution is 5.91. The van der Waals surface area contributed by atoms with Crippen molar-refractivity contribution >= 4 is 11.8 Å². The van der Waals surface area contributed by atoms with Crippen LogP contribution in [0.2, 0.25) is 0 Å². The monoisotopic (exact) mass is 345 g/mol. The van der Waals surface area contributed by atoms with Gasteiger partial charge in [0.1, 0.15) is 0 Å². The van der Waals surface area contributed by atoms with E-state index in [1.165, 1.54) is 37.5 Å². The molecule has 2 heterocycles. The van der Waals surface area contributed by atoms with Crippen molar-refractivity contribution in [1.29, 1.82) is 0 Å². The number of carbonyl (C=O) groups excluding carboxylic acids is 2. The molecular formula is C19H27N3O3. The molecule has 6 heteroatoms. The molecule has 1 saturated heterocycles. The van der Waals surface area contributed by atoms with Crippen molar-refractivity contribution in [3.8, 4) is 0 Å². The van der Waals surface area contributed by atoms with Crippen LogP contribution in [0.4, 0.5) is 0 Å². The first kappa shape index (κ1) is 17.7. The lowest BCUT2D eigenvalue weighted by atomic mass is 9.97. The Kier molecular flexibility index (Phi) is 6.28. The molecule has 3 rings (SSSR count). The number of nitrogens with zero attached hydrogens (tertiary/aromatic N) is 2. The third-order valence-corrected chi connectivity index (χ3v) is 4.91. The molecular weight excluding hydrogens is 318 g/mol. The van der Waals surface area contributed by atoms with Gasteiger partial charge in [-0.15, -0.1) is 0 Å². The number of hydrogen-bond donors (Lipinski definition) is 1. The van der Waals surface area contributed by atoms with Gasteiger partial charge in [-0.1, -0.05) is 11.6 Å². The van der Waals surface area contributed by atoms with Crippen LogP contribution in [0.15, 0.2) is 34.5 Å². The van der Waals surface area contributed by atoms with Crippen LogP contribution >= 0.6 is 0 Å². The predicted molar refractivity (Wildman–Crippen MR) is 95.2 cm³/mol. The van der Waals surface area contributed by atoms with E-state index in [9.17, 15) is 9.59 Å². The standard InChI is InChI=1S/C19H27N3O3/c23-18(20-9-8-16-5-2-1-3-6-16)15-21-10-12-22(13-11-21)19(24)17-7-4-14-25-17/h4-5,7,14H,1-3,6,8-13,15H2,(H,20,23). The van der Waals surface area contributed by atoms with Crippen LogP contribution in [-0.4, -0.2) is 60.9 Å². The zero-order valence-electron chi connectivity index (χ0n) is 14.7. The smallest absolute Gasteiger partial charge is 0.289 e. The van der Waals surface area contributed by atoms with E-state index in [4.69, 9.17) is 4.42 Å². The third-order valence-electron chi connectivity index (χ3n) is 4.91. The van der Waals surface area contributed by atoms with E-state index >= 15 is 0 Å². The molecule has 1 fully saturated rings. The zero-order chi connectivity index (χ0) is 17.5. The highest BCUT2D eigenvalue weighted by Gasteiger charge is 2.24. The van der Waals surface area contributed by atoms with Crippen molar-refractivity contribution in [3.05, 3.63) is 35.8 Å². The van der Waals surface area contributed by atoms with E-state index in [1.54, 1.807) is 17.0 Å². The highest BCUT2D eigenvalue weighted by atomic mass is 16.3. The molecule has 1 aliphatic heterocycles. The molecule has 1 aromatic rings. The number of piperazine rings is 1. The fourth-order valence-electron chi connectivity index (χ4n) is 3.42. The number of allylic oxidation sites excluding steroid dienone is 1.